The number of carbonyl (C=O) groups excluding carboxylic acids is 2. The zero-order chi connectivity index (χ0) is 18.4. The Labute approximate surface area is 150 Å². The zero-order valence-corrected chi connectivity index (χ0v) is 15.5. The van der Waals surface area contributed by atoms with Crippen molar-refractivity contribution < 1.29 is 14.3 Å². The number of hydrogen-bond acceptors (Lipinski definition) is 4. The van der Waals surface area contributed by atoms with Gasteiger partial charge in [-0.25, -0.2) is 0 Å². The van der Waals surface area contributed by atoms with Crippen LogP contribution in [0.3, 0.4) is 0 Å². The first-order chi connectivity index (χ1) is 11.9. The summed E-state index contributed by atoms with van der Waals surface area (Å²) in [6.07, 6.45) is 2.86. The van der Waals surface area contributed by atoms with Gasteiger partial charge in [0.25, 0.3) is 0 Å². The third-order valence-corrected chi connectivity index (χ3v) is 4.83. The minimum absolute atomic E-state index is 0.00382. The standard InChI is InChI=1S/C20H30N2O3/c1-13(2)25-19(23)11-18(15-9-7-14(3)8-10-15)22-20(24)17-6-4-5-16(17)12-21/h7-10,13,16-18H,4-6,11-12,21H2,1-3H3,(H,22,24)/t16-,17-,18?/m1/s1. The van der Waals surface area contributed by atoms with Gasteiger partial charge < -0.3 is 15.8 Å². The van der Waals surface area contributed by atoms with E-state index in [4.69, 9.17) is 10.5 Å². The molecule has 1 aromatic carbocycles. The van der Waals surface area contributed by atoms with Gasteiger partial charge >= 0.3 is 5.97 Å². The molecule has 3 atom stereocenters. The normalized spacial score (nSPS) is 21.2. The van der Waals surface area contributed by atoms with Crippen LogP contribution < -0.4 is 11.1 Å². The van der Waals surface area contributed by atoms with Gasteiger partial charge in [-0.05, 0) is 51.6 Å². The number of benzene rings is 1. The third-order valence-electron chi connectivity index (χ3n) is 4.83. The van der Waals surface area contributed by atoms with Crippen LogP contribution in [0.5, 0.6) is 0 Å². The van der Waals surface area contributed by atoms with E-state index in [9.17, 15) is 9.59 Å². The Morgan fingerprint density at radius 2 is 1.92 bits per heavy atom. The van der Waals surface area contributed by atoms with Gasteiger partial charge in [-0.2, -0.15) is 0 Å². The topological polar surface area (TPSA) is 81.4 Å². The summed E-state index contributed by atoms with van der Waals surface area (Å²) in [5, 5.41) is 3.07. The number of ether oxygens (including phenoxy) is 1. The Bertz CT molecular complexity index is 583. The Morgan fingerprint density at radius 3 is 2.52 bits per heavy atom. The molecule has 0 bridgehead atoms. The molecule has 1 saturated carbocycles. The van der Waals surface area contributed by atoms with Crippen molar-refractivity contribution in [3.8, 4) is 0 Å². The molecule has 0 aliphatic heterocycles. The van der Waals surface area contributed by atoms with Crippen molar-refractivity contribution in [1.82, 2.24) is 5.32 Å². The quantitative estimate of drug-likeness (QED) is 0.744. The molecule has 1 aliphatic carbocycles. The highest BCUT2D eigenvalue weighted by Gasteiger charge is 2.33. The summed E-state index contributed by atoms with van der Waals surface area (Å²) in [6.45, 7) is 6.18. The van der Waals surface area contributed by atoms with Crippen LogP contribution in [0.15, 0.2) is 24.3 Å². The largest absolute Gasteiger partial charge is 0.463 e. The van der Waals surface area contributed by atoms with E-state index in [1.165, 1.54) is 0 Å². The SMILES string of the molecule is Cc1ccc(C(CC(=O)OC(C)C)NC(=O)[C@@H]2CCC[C@@H]2CN)cc1. The average Bonchev–Trinajstić information content (AvgIpc) is 3.03. The first-order valence-corrected chi connectivity index (χ1v) is 9.17. The van der Waals surface area contributed by atoms with Crippen LogP contribution in [0.4, 0.5) is 0 Å². The minimum atomic E-state index is -0.377. The number of rotatable bonds is 7. The first-order valence-electron chi connectivity index (χ1n) is 9.17. The van der Waals surface area contributed by atoms with Crippen molar-refractivity contribution in [3.05, 3.63) is 35.4 Å². The Hall–Kier alpha value is -1.88. The molecule has 0 aromatic heterocycles. The van der Waals surface area contributed by atoms with E-state index < -0.39 is 0 Å². The lowest BCUT2D eigenvalue weighted by molar-refractivity contribution is -0.148. The lowest BCUT2D eigenvalue weighted by atomic mass is 9.94. The summed E-state index contributed by atoms with van der Waals surface area (Å²) in [5.74, 6) is -0.126. The molecule has 5 heteroatoms. The molecule has 0 spiro atoms. The van der Waals surface area contributed by atoms with Crippen molar-refractivity contribution in [2.45, 2.75) is 58.6 Å². The third kappa shape index (κ3) is 5.56. The van der Waals surface area contributed by atoms with E-state index >= 15 is 0 Å². The van der Waals surface area contributed by atoms with E-state index in [1.54, 1.807) is 0 Å². The monoisotopic (exact) mass is 346 g/mol. The van der Waals surface area contributed by atoms with E-state index in [2.05, 4.69) is 5.32 Å². The van der Waals surface area contributed by atoms with E-state index in [0.29, 0.717) is 6.54 Å². The smallest absolute Gasteiger partial charge is 0.308 e. The molecule has 3 N–H and O–H groups in total. The van der Waals surface area contributed by atoms with Crippen LogP contribution in [0.25, 0.3) is 0 Å². The number of nitrogens with two attached hydrogens (primary N) is 1. The predicted octanol–water partition coefficient (Wildman–Crippen LogP) is 2.87. The average molecular weight is 346 g/mol. The summed E-state index contributed by atoms with van der Waals surface area (Å²) in [5.41, 5.74) is 7.86. The van der Waals surface area contributed by atoms with Crippen molar-refractivity contribution >= 4 is 11.9 Å². The van der Waals surface area contributed by atoms with Gasteiger partial charge in [-0.15, -0.1) is 0 Å². The van der Waals surface area contributed by atoms with Crippen LogP contribution >= 0.6 is 0 Å². The second-order valence-corrected chi connectivity index (χ2v) is 7.25. The van der Waals surface area contributed by atoms with E-state index in [0.717, 1.165) is 30.4 Å². The van der Waals surface area contributed by atoms with Crippen LogP contribution in [-0.2, 0) is 14.3 Å². The highest BCUT2D eigenvalue weighted by atomic mass is 16.5. The molecule has 0 radical (unpaired) electrons. The molecular weight excluding hydrogens is 316 g/mol. The summed E-state index contributed by atoms with van der Waals surface area (Å²) < 4.78 is 5.27. The number of amides is 1. The highest BCUT2D eigenvalue weighted by molar-refractivity contribution is 5.81. The molecule has 1 fully saturated rings. The van der Waals surface area contributed by atoms with Crippen molar-refractivity contribution in [2.75, 3.05) is 6.54 Å². The molecule has 0 heterocycles. The molecule has 1 unspecified atom stereocenters. The van der Waals surface area contributed by atoms with Crippen LogP contribution in [0.1, 0.15) is 56.7 Å². The molecule has 1 aliphatic rings. The van der Waals surface area contributed by atoms with E-state index in [-0.39, 0.29) is 42.3 Å². The number of aryl methyl sites for hydroxylation is 1. The number of hydrogen-bond donors (Lipinski definition) is 2. The summed E-state index contributed by atoms with van der Waals surface area (Å²) >= 11 is 0. The molecule has 25 heavy (non-hydrogen) atoms. The predicted molar refractivity (Wildman–Crippen MR) is 97.8 cm³/mol. The second kappa shape index (κ2) is 8.99. The molecule has 0 saturated heterocycles. The fraction of sp³-hybridized carbons (Fsp3) is 0.600. The Morgan fingerprint density at radius 1 is 1.24 bits per heavy atom. The molecular formula is C20H30N2O3. The number of nitrogens with one attached hydrogen (secondary N) is 1. The van der Waals surface area contributed by atoms with Crippen LogP contribution in [-0.4, -0.2) is 24.5 Å². The van der Waals surface area contributed by atoms with Gasteiger partial charge in [0.1, 0.15) is 0 Å². The first kappa shape index (κ1) is 19.4. The van der Waals surface area contributed by atoms with Gasteiger partial charge in [-0.1, -0.05) is 36.2 Å². The molecule has 138 valence electrons. The zero-order valence-electron chi connectivity index (χ0n) is 15.5. The summed E-state index contributed by atoms with van der Waals surface area (Å²) in [4.78, 5) is 24.9. The van der Waals surface area contributed by atoms with E-state index in [1.807, 2.05) is 45.0 Å². The fourth-order valence-electron chi connectivity index (χ4n) is 3.47. The Balaban J connectivity index is 2.11. The van der Waals surface area contributed by atoms with Crippen molar-refractivity contribution in [3.63, 3.8) is 0 Å². The van der Waals surface area contributed by atoms with Crippen LogP contribution in [0.2, 0.25) is 0 Å². The minimum Gasteiger partial charge on any atom is -0.463 e. The van der Waals surface area contributed by atoms with Gasteiger partial charge in [0.15, 0.2) is 0 Å². The van der Waals surface area contributed by atoms with Gasteiger partial charge in [-0.3, -0.25) is 9.59 Å². The fourth-order valence-corrected chi connectivity index (χ4v) is 3.47. The molecule has 1 amide bonds. The molecule has 1 aromatic rings. The van der Waals surface area contributed by atoms with Crippen molar-refractivity contribution in [1.29, 1.82) is 0 Å². The Kier molecular flexibility index (Phi) is 7.00. The van der Waals surface area contributed by atoms with Crippen molar-refractivity contribution in [2.24, 2.45) is 17.6 Å². The van der Waals surface area contributed by atoms with Gasteiger partial charge in [0.05, 0.1) is 18.6 Å². The van der Waals surface area contributed by atoms with Gasteiger partial charge in [0, 0.05) is 5.92 Å². The second-order valence-electron chi connectivity index (χ2n) is 7.25. The lowest BCUT2D eigenvalue weighted by Gasteiger charge is -2.24. The lowest BCUT2D eigenvalue weighted by Crippen LogP contribution is -2.38. The highest BCUT2D eigenvalue weighted by Crippen LogP contribution is 2.32. The maximum absolute atomic E-state index is 12.8. The maximum atomic E-state index is 12.8. The van der Waals surface area contributed by atoms with Gasteiger partial charge in [0.2, 0.25) is 5.91 Å². The molecule has 2 rings (SSSR count). The molecule has 5 nitrogen and oxygen atoms in total. The summed E-state index contributed by atoms with van der Waals surface area (Å²) in [6, 6.07) is 7.51. The van der Waals surface area contributed by atoms with Crippen LogP contribution in [0, 0.1) is 18.8 Å². The summed E-state index contributed by atoms with van der Waals surface area (Å²) in [7, 11) is 0. The maximum Gasteiger partial charge on any atom is 0.308 e. The number of carbonyl (C=O) groups is 2. The number of esters is 1.